The van der Waals surface area contributed by atoms with Crippen molar-refractivity contribution in [1.29, 1.82) is 0 Å². The number of phenolic OH excluding ortho intramolecular Hbond substituents is 1. The zero-order chi connectivity index (χ0) is 23.7. The predicted octanol–water partition coefficient (Wildman–Crippen LogP) is 0.864. The van der Waals surface area contributed by atoms with Crippen LogP contribution in [0, 0.1) is 0 Å². The molecule has 2 aliphatic rings. The molecule has 2 aliphatic heterocycles. The van der Waals surface area contributed by atoms with Crippen LogP contribution in [0.3, 0.4) is 0 Å². The number of aromatic hydroxyl groups is 1. The quantitative estimate of drug-likeness (QED) is 0.371. The zero-order valence-electron chi connectivity index (χ0n) is 19.3. The van der Waals surface area contributed by atoms with Gasteiger partial charge in [0.05, 0.1) is 32.2 Å². The van der Waals surface area contributed by atoms with E-state index >= 15 is 0 Å². The largest absolute Gasteiger partial charge is 0.872 e. The van der Waals surface area contributed by atoms with Gasteiger partial charge in [0.25, 0.3) is 5.91 Å². The van der Waals surface area contributed by atoms with Crippen molar-refractivity contribution in [2.45, 2.75) is 39.3 Å². The third-order valence-electron chi connectivity index (χ3n) is 6.58. The maximum absolute atomic E-state index is 13.6. The van der Waals surface area contributed by atoms with Gasteiger partial charge in [0.2, 0.25) is 5.78 Å². The lowest BCUT2D eigenvalue weighted by Crippen LogP contribution is -3.12. The lowest BCUT2D eigenvalue weighted by molar-refractivity contribution is -0.895. The Morgan fingerprint density at radius 1 is 1.18 bits per heavy atom. The third kappa shape index (κ3) is 4.33. The Kier molecular flexibility index (Phi) is 6.42. The monoisotopic (exact) mass is 450 g/mol. The molecule has 7 heteroatoms. The van der Waals surface area contributed by atoms with Gasteiger partial charge in [0.1, 0.15) is 17.6 Å². The van der Waals surface area contributed by atoms with E-state index in [1.54, 1.807) is 30.3 Å². The molecule has 2 unspecified atom stereocenters. The summed E-state index contributed by atoms with van der Waals surface area (Å²) in [5, 5.41) is 23.7. The normalized spacial score (nSPS) is 21.5. The average molecular weight is 451 g/mol. The summed E-state index contributed by atoms with van der Waals surface area (Å²) in [6.07, 6.45) is 0.721. The molecule has 33 heavy (non-hydrogen) atoms. The number of ether oxygens (including phenoxy) is 1. The van der Waals surface area contributed by atoms with E-state index in [2.05, 4.69) is 13.8 Å². The van der Waals surface area contributed by atoms with Crippen LogP contribution in [0.5, 0.6) is 11.5 Å². The number of quaternary nitrogens is 1. The Hall–Kier alpha value is -3.32. The first-order valence-electron chi connectivity index (χ1n) is 11.5. The number of carbonyl (C=O) groups excluding carboxylic acids is 2. The van der Waals surface area contributed by atoms with E-state index in [9.17, 15) is 19.8 Å². The van der Waals surface area contributed by atoms with Gasteiger partial charge in [0.15, 0.2) is 0 Å². The molecule has 0 aliphatic carbocycles. The van der Waals surface area contributed by atoms with Gasteiger partial charge < -0.3 is 24.7 Å². The van der Waals surface area contributed by atoms with Gasteiger partial charge in [-0.3, -0.25) is 9.59 Å². The molecule has 2 atom stereocenters. The Morgan fingerprint density at radius 3 is 2.64 bits per heavy atom. The number of nitrogens with zero attached hydrogens (tertiary/aromatic N) is 1. The summed E-state index contributed by atoms with van der Waals surface area (Å²) in [5.74, 6) is -1.14. The predicted molar refractivity (Wildman–Crippen MR) is 122 cm³/mol. The number of amides is 1. The molecule has 1 fully saturated rings. The highest BCUT2D eigenvalue weighted by Crippen LogP contribution is 2.40. The molecule has 2 aromatic carbocycles. The number of carbonyl (C=O) groups is 2. The second-order valence-corrected chi connectivity index (χ2v) is 8.73. The molecular formula is C26H30N2O5. The van der Waals surface area contributed by atoms with E-state index in [4.69, 9.17) is 4.74 Å². The molecule has 0 spiro atoms. The topological polar surface area (TPSA) is 94.3 Å². The van der Waals surface area contributed by atoms with Crippen LogP contribution in [0.4, 0.5) is 0 Å². The fourth-order valence-corrected chi connectivity index (χ4v) is 4.74. The summed E-state index contributed by atoms with van der Waals surface area (Å²) in [7, 11) is 0. The van der Waals surface area contributed by atoms with Gasteiger partial charge in [0, 0.05) is 12.0 Å². The number of likely N-dealkylation sites (tertiary alicyclic amines) is 1. The van der Waals surface area contributed by atoms with Crippen LogP contribution in [0.2, 0.25) is 0 Å². The van der Waals surface area contributed by atoms with Gasteiger partial charge in [-0.1, -0.05) is 24.0 Å². The summed E-state index contributed by atoms with van der Waals surface area (Å²) in [6.45, 7) is 8.90. The molecule has 1 amide bonds. The van der Waals surface area contributed by atoms with Gasteiger partial charge in [-0.2, -0.15) is 0 Å². The molecule has 0 aromatic heterocycles. The lowest BCUT2D eigenvalue weighted by Gasteiger charge is -2.28. The summed E-state index contributed by atoms with van der Waals surface area (Å²) < 4.78 is 5.72. The number of Topliss-reactive ketones (excluding diaryl/α,β-unsaturated/α-hetero) is 1. The number of hydrogen-bond acceptors (Lipinski definition) is 5. The van der Waals surface area contributed by atoms with E-state index < -0.39 is 23.5 Å². The zero-order valence-corrected chi connectivity index (χ0v) is 19.3. The highest BCUT2D eigenvalue weighted by Gasteiger charge is 2.44. The van der Waals surface area contributed by atoms with Crippen LogP contribution >= 0.6 is 0 Å². The Morgan fingerprint density at radius 2 is 1.94 bits per heavy atom. The fraction of sp³-hybridized carbons (Fsp3) is 0.385. The van der Waals surface area contributed by atoms with E-state index in [-0.39, 0.29) is 17.4 Å². The number of nitrogens with one attached hydrogen (secondary N) is 1. The fourth-order valence-electron chi connectivity index (χ4n) is 4.74. The molecule has 174 valence electrons. The number of benzene rings is 2. The van der Waals surface area contributed by atoms with E-state index in [1.165, 1.54) is 21.9 Å². The van der Waals surface area contributed by atoms with Crippen LogP contribution < -0.4 is 14.7 Å². The van der Waals surface area contributed by atoms with Crippen LogP contribution in [0.15, 0.2) is 48.0 Å². The summed E-state index contributed by atoms with van der Waals surface area (Å²) in [4.78, 5) is 28.9. The Balaban J connectivity index is 1.79. The van der Waals surface area contributed by atoms with Crippen molar-refractivity contribution < 1.29 is 29.4 Å². The summed E-state index contributed by atoms with van der Waals surface area (Å²) in [5.41, 5.74) is 1.77. The van der Waals surface area contributed by atoms with Crippen molar-refractivity contribution in [3.05, 3.63) is 64.7 Å². The number of likely N-dealkylation sites (N-methyl/N-ethyl adjacent to an activating group) is 1. The lowest BCUT2D eigenvalue weighted by atomic mass is 9.94. The molecular weight excluding hydrogens is 420 g/mol. The standard InChI is InChI=1S/C26H30N2O5/c1-4-27(5-2)11-12-28-23(17-7-6-8-20(29)15-17)22(25(31)26(28)32)24(30)18-9-10-21-19(14-18)13-16(3)33-21/h6-10,14-16,23,29-30H,4-5,11-13H2,1-3H3/b24-22+. The molecule has 7 nitrogen and oxygen atoms in total. The van der Waals surface area contributed by atoms with Crippen LogP contribution in [0.1, 0.15) is 43.5 Å². The maximum atomic E-state index is 13.6. The molecule has 2 aromatic rings. The molecule has 0 bridgehead atoms. The van der Waals surface area contributed by atoms with E-state index in [0.717, 1.165) is 24.4 Å². The minimum absolute atomic E-state index is 0.0177. The van der Waals surface area contributed by atoms with Crippen molar-refractivity contribution in [2.75, 3.05) is 26.2 Å². The van der Waals surface area contributed by atoms with Crippen molar-refractivity contribution in [3.63, 3.8) is 0 Å². The Labute approximate surface area is 193 Å². The van der Waals surface area contributed by atoms with Gasteiger partial charge in [-0.05, 0) is 61.7 Å². The molecule has 0 saturated carbocycles. The Bertz CT molecular complexity index is 1110. The third-order valence-corrected chi connectivity index (χ3v) is 6.58. The molecule has 1 saturated heterocycles. The van der Waals surface area contributed by atoms with Gasteiger partial charge >= 0.3 is 0 Å². The second kappa shape index (κ2) is 9.27. The SMILES string of the molecule is CC[NH+](CC)CCN1C(=O)C(=O)/C(=C(/[O-])c2ccc3c(c2)CC(C)O3)C1c1cccc(O)c1. The van der Waals surface area contributed by atoms with Crippen molar-refractivity contribution in [3.8, 4) is 11.5 Å². The summed E-state index contributed by atoms with van der Waals surface area (Å²) in [6, 6.07) is 10.7. The van der Waals surface area contributed by atoms with Crippen molar-refractivity contribution in [2.24, 2.45) is 0 Å². The number of rotatable bonds is 7. The number of hydrogen-bond donors (Lipinski definition) is 2. The maximum Gasteiger partial charge on any atom is 0.295 e. The number of ketones is 1. The number of phenols is 1. The molecule has 2 N–H and O–H groups in total. The first kappa shape index (κ1) is 22.9. The van der Waals surface area contributed by atoms with Crippen LogP contribution in [-0.2, 0) is 16.0 Å². The minimum atomic E-state index is -0.831. The van der Waals surface area contributed by atoms with Gasteiger partial charge in [-0.15, -0.1) is 0 Å². The second-order valence-electron chi connectivity index (χ2n) is 8.73. The van der Waals surface area contributed by atoms with E-state index in [1.807, 2.05) is 6.92 Å². The average Bonchev–Trinajstić information content (AvgIpc) is 3.30. The van der Waals surface area contributed by atoms with Crippen molar-refractivity contribution >= 4 is 17.4 Å². The summed E-state index contributed by atoms with van der Waals surface area (Å²) >= 11 is 0. The molecule has 0 radical (unpaired) electrons. The number of fused-ring (bicyclic) bond motifs is 1. The molecule has 4 rings (SSSR count). The first-order valence-corrected chi connectivity index (χ1v) is 11.5. The van der Waals surface area contributed by atoms with E-state index in [0.29, 0.717) is 30.6 Å². The van der Waals surface area contributed by atoms with Crippen LogP contribution in [0.25, 0.3) is 5.76 Å². The van der Waals surface area contributed by atoms with Gasteiger partial charge in [-0.25, -0.2) is 0 Å². The molecule has 2 heterocycles. The first-order chi connectivity index (χ1) is 15.8. The van der Waals surface area contributed by atoms with Crippen molar-refractivity contribution in [1.82, 2.24) is 4.90 Å². The minimum Gasteiger partial charge on any atom is -0.872 e. The van der Waals surface area contributed by atoms with Crippen LogP contribution in [-0.4, -0.2) is 54.0 Å². The highest BCUT2D eigenvalue weighted by atomic mass is 16.5. The highest BCUT2D eigenvalue weighted by molar-refractivity contribution is 6.46. The smallest absolute Gasteiger partial charge is 0.295 e.